The van der Waals surface area contributed by atoms with Crippen molar-refractivity contribution in [1.82, 2.24) is 5.32 Å². The Balaban J connectivity index is 1.56. The molecule has 2 aromatic carbocycles. The second-order valence-corrected chi connectivity index (χ2v) is 5.76. The molecule has 0 aliphatic carbocycles. The lowest BCUT2D eigenvalue weighted by atomic mass is 10.1. The molecule has 6 heteroatoms. The maximum atomic E-state index is 13.1. The Bertz CT molecular complexity index is 756. The van der Waals surface area contributed by atoms with Crippen molar-refractivity contribution in [2.24, 2.45) is 0 Å². The zero-order valence-electron chi connectivity index (χ0n) is 13.7. The van der Waals surface area contributed by atoms with Crippen molar-refractivity contribution >= 4 is 17.4 Å². The quantitative estimate of drug-likeness (QED) is 0.847. The molecule has 2 aromatic rings. The van der Waals surface area contributed by atoms with Crippen molar-refractivity contribution in [1.29, 1.82) is 0 Å². The highest BCUT2D eigenvalue weighted by molar-refractivity contribution is 6.02. The van der Waals surface area contributed by atoms with Crippen LogP contribution in [0.15, 0.2) is 48.5 Å². The van der Waals surface area contributed by atoms with Gasteiger partial charge in [0.1, 0.15) is 5.82 Å². The zero-order chi connectivity index (χ0) is 17.6. The van der Waals surface area contributed by atoms with Crippen molar-refractivity contribution < 1.29 is 18.7 Å². The number of ketones is 1. The van der Waals surface area contributed by atoms with Crippen LogP contribution in [-0.4, -0.2) is 44.5 Å². The van der Waals surface area contributed by atoms with Crippen LogP contribution in [0.5, 0.6) is 0 Å². The number of Topliss-reactive ketones (excluding diaryl/α,β-unsaturated/α-hetero) is 1. The average Bonchev–Trinajstić information content (AvgIpc) is 2.66. The SMILES string of the molecule is O=C(CNC(=O)c1cccc(F)c1)c1ccc(N2CCOCC2)cc1. The zero-order valence-corrected chi connectivity index (χ0v) is 13.7. The van der Waals surface area contributed by atoms with Crippen LogP contribution in [0, 0.1) is 5.82 Å². The number of anilines is 1. The molecular weight excluding hydrogens is 323 g/mol. The summed E-state index contributed by atoms with van der Waals surface area (Å²) >= 11 is 0. The van der Waals surface area contributed by atoms with Gasteiger partial charge in [0, 0.05) is 29.9 Å². The third kappa shape index (κ3) is 4.42. The summed E-state index contributed by atoms with van der Waals surface area (Å²) in [7, 11) is 0. The maximum Gasteiger partial charge on any atom is 0.251 e. The van der Waals surface area contributed by atoms with E-state index in [1.54, 1.807) is 12.1 Å². The van der Waals surface area contributed by atoms with E-state index in [2.05, 4.69) is 10.2 Å². The lowest BCUT2D eigenvalue weighted by molar-refractivity contribution is 0.0904. The number of amides is 1. The Morgan fingerprint density at radius 2 is 1.76 bits per heavy atom. The molecule has 1 amide bonds. The highest BCUT2D eigenvalue weighted by Crippen LogP contribution is 2.16. The van der Waals surface area contributed by atoms with Crippen LogP contribution < -0.4 is 10.2 Å². The summed E-state index contributed by atoms with van der Waals surface area (Å²) < 4.78 is 18.4. The largest absolute Gasteiger partial charge is 0.378 e. The molecule has 25 heavy (non-hydrogen) atoms. The second-order valence-electron chi connectivity index (χ2n) is 5.76. The van der Waals surface area contributed by atoms with Crippen LogP contribution >= 0.6 is 0 Å². The summed E-state index contributed by atoms with van der Waals surface area (Å²) in [6, 6.07) is 12.6. The Hall–Kier alpha value is -2.73. The summed E-state index contributed by atoms with van der Waals surface area (Å²) in [6.07, 6.45) is 0. The van der Waals surface area contributed by atoms with Gasteiger partial charge in [-0.05, 0) is 42.5 Å². The third-order valence-corrected chi connectivity index (χ3v) is 4.06. The number of benzene rings is 2. The Labute approximate surface area is 145 Å². The number of rotatable bonds is 5. The number of ether oxygens (including phenoxy) is 1. The highest BCUT2D eigenvalue weighted by atomic mass is 19.1. The van der Waals surface area contributed by atoms with Gasteiger partial charge in [0.15, 0.2) is 5.78 Å². The molecule has 1 aliphatic rings. The summed E-state index contributed by atoms with van der Waals surface area (Å²) in [6.45, 7) is 2.93. The van der Waals surface area contributed by atoms with E-state index in [1.165, 1.54) is 18.2 Å². The minimum Gasteiger partial charge on any atom is -0.378 e. The van der Waals surface area contributed by atoms with Crippen LogP contribution in [0.25, 0.3) is 0 Å². The van der Waals surface area contributed by atoms with Gasteiger partial charge in [0.05, 0.1) is 19.8 Å². The van der Waals surface area contributed by atoms with E-state index >= 15 is 0 Å². The monoisotopic (exact) mass is 342 g/mol. The molecule has 0 atom stereocenters. The molecule has 0 unspecified atom stereocenters. The van der Waals surface area contributed by atoms with Gasteiger partial charge < -0.3 is 15.0 Å². The first-order valence-electron chi connectivity index (χ1n) is 8.13. The van der Waals surface area contributed by atoms with E-state index in [4.69, 9.17) is 4.74 Å². The van der Waals surface area contributed by atoms with Crippen molar-refractivity contribution in [3.05, 3.63) is 65.5 Å². The van der Waals surface area contributed by atoms with Crippen LogP contribution in [0.1, 0.15) is 20.7 Å². The first-order valence-corrected chi connectivity index (χ1v) is 8.13. The predicted octanol–water partition coefficient (Wildman–Crippen LogP) is 2.28. The van der Waals surface area contributed by atoms with Gasteiger partial charge in [-0.1, -0.05) is 6.07 Å². The number of morpholine rings is 1. The van der Waals surface area contributed by atoms with Gasteiger partial charge in [-0.25, -0.2) is 4.39 Å². The molecule has 1 saturated heterocycles. The molecule has 3 rings (SSSR count). The van der Waals surface area contributed by atoms with Gasteiger partial charge in [0.2, 0.25) is 0 Å². The van der Waals surface area contributed by atoms with Crippen LogP contribution in [0.4, 0.5) is 10.1 Å². The number of nitrogens with one attached hydrogen (secondary N) is 1. The second kappa shape index (κ2) is 7.90. The van der Waals surface area contributed by atoms with Gasteiger partial charge >= 0.3 is 0 Å². The van der Waals surface area contributed by atoms with Crippen LogP contribution in [0.2, 0.25) is 0 Å². The van der Waals surface area contributed by atoms with Gasteiger partial charge in [-0.2, -0.15) is 0 Å². The van der Waals surface area contributed by atoms with E-state index in [0.29, 0.717) is 18.8 Å². The van der Waals surface area contributed by atoms with E-state index in [1.807, 2.05) is 12.1 Å². The molecular formula is C19H19FN2O3. The molecule has 0 saturated carbocycles. The molecule has 5 nitrogen and oxygen atoms in total. The number of hydrogen-bond donors (Lipinski definition) is 1. The number of nitrogens with zero attached hydrogens (tertiary/aromatic N) is 1. The summed E-state index contributed by atoms with van der Waals surface area (Å²) in [5, 5.41) is 2.52. The number of hydrogen-bond acceptors (Lipinski definition) is 4. The molecule has 1 fully saturated rings. The van der Waals surface area contributed by atoms with Crippen LogP contribution in [0.3, 0.4) is 0 Å². The Morgan fingerprint density at radius 3 is 2.44 bits per heavy atom. The summed E-state index contributed by atoms with van der Waals surface area (Å²) in [5.74, 6) is -1.16. The average molecular weight is 342 g/mol. The molecule has 1 heterocycles. The highest BCUT2D eigenvalue weighted by Gasteiger charge is 2.13. The van der Waals surface area contributed by atoms with Gasteiger partial charge in [-0.15, -0.1) is 0 Å². The third-order valence-electron chi connectivity index (χ3n) is 4.06. The topological polar surface area (TPSA) is 58.6 Å². The summed E-state index contributed by atoms with van der Waals surface area (Å²) in [4.78, 5) is 26.4. The predicted molar refractivity (Wildman–Crippen MR) is 92.5 cm³/mol. The first kappa shape index (κ1) is 17.1. The van der Waals surface area contributed by atoms with Gasteiger partial charge in [0.25, 0.3) is 5.91 Å². The molecule has 130 valence electrons. The van der Waals surface area contributed by atoms with E-state index < -0.39 is 11.7 Å². The van der Waals surface area contributed by atoms with Crippen molar-refractivity contribution in [2.45, 2.75) is 0 Å². The van der Waals surface area contributed by atoms with Crippen LogP contribution in [-0.2, 0) is 4.74 Å². The number of halogens is 1. The summed E-state index contributed by atoms with van der Waals surface area (Å²) in [5.41, 5.74) is 1.76. The maximum absolute atomic E-state index is 13.1. The van der Waals surface area contributed by atoms with Crippen molar-refractivity contribution in [2.75, 3.05) is 37.7 Å². The lowest BCUT2D eigenvalue weighted by Crippen LogP contribution is -2.36. The molecule has 0 spiro atoms. The fraction of sp³-hybridized carbons (Fsp3) is 0.263. The van der Waals surface area contributed by atoms with E-state index in [-0.39, 0.29) is 17.9 Å². The smallest absolute Gasteiger partial charge is 0.251 e. The molecule has 1 N–H and O–H groups in total. The van der Waals surface area contributed by atoms with E-state index in [9.17, 15) is 14.0 Å². The molecule has 0 aromatic heterocycles. The molecule has 0 radical (unpaired) electrons. The van der Waals surface area contributed by atoms with Crippen molar-refractivity contribution in [3.8, 4) is 0 Å². The minimum atomic E-state index is -0.488. The number of carbonyl (C=O) groups excluding carboxylic acids is 2. The van der Waals surface area contributed by atoms with Gasteiger partial charge in [-0.3, -0.25) is 9.59 Å². The Morgan fingerprint density at radius 1 is 1.04 bits per heavy atom. The van der Waals surface area contributed by atoms with Crippen molar-refractivity contribution in [3.63, 3.8) is 0 Å². The lowest BCUT2D eigenvalue weighted by Gasteiger charge is -2.28. The Kier molecular flexibility index (Phi) is 5.40. The fourth-order valence-corrected chi connectivity index (χ4v) is 2.67. The molecule has 0 bridgehead atoms. The standard InChI is InChI=1S/C19H19FN2O3/c20-16-3-1-2-15(12-16)19(24)21-13-18(23)14-4-6-17(7-5-14)22-8-10-25-11-9-22/h1-7,12H,8-11,13H2,(H,21,24). The normalized spacial score (nSPS) is 14.2. The minimum absolute atomic E-state index is 0.133. The van der Waals surface area contributed by atoms with E-state index in [0.717, 1.165) is 24.8 Å². The fourth-order valence-electron chi connectivity index (χ4n) is 2.67. The molecule has 1 aliphatic heterocycles. The number of carbonyl (C=O) groups is 2. The first-order chi connectivity index (χ1) is 12.1.